The summed E-state index contributed by atoms with van der Waals surface area (Å²) >= 11 is 1.43. The smallest absolute Gasteiger partial charge is 0.305 e. The first kappa shape index (κ1) is 17.2. The highest BCUT2D eigenvalue weighted by atomic mass is 32.1. The summed E-state index contributed by atoms with van der Waals surface area (Å²) in [5.74, 6) is -1.39. The van der Waals surface area contributed by atoms with Crippen molar-refractivity contribution in [2.24, 2.45) is 0 Å². The van der Waals surface area contributed by atoms with Crippen LogP contribution in [-0.4, -0.2) is 35.5 Å². The second-order valence-electron chi connectivity index (χ2n) is 4.67. The minimum Gasteiger partial charge on any atom is -0.481 e. The number of rotatable bonds is 9. The monoisotopic (exact) mass is 312 g/mol. The summed E-state index contributed by atoms with van der Waals surface area (Å²) < 4.78 is 0. The van der Waals surface area contributed by atoms with E-state index in [-0.39, 0.29) is 37.2 Å². The van der Waals surface area contributed by atoms with E-state index in [1.165, 1.54) is 11.3 Å². The van der Waals surface area contributed by atoms with Crippen molar-refractivity contribution < 1.29 is 19.5 Å². The van der Waals surface area contributed by atoms with Gasteiger partial charge < -0.3 is 15.7 Å². The van der Waals surface area contributed by atoms with E-state index in [2.05, 4.69) is 10.6 Å². The van der Waals surface area contributed by atoms with Gasteiger partial charge in [0, 0.05) is 30.0 Å². The van der Waals surface area contributed by atoms with Gasteiger partial charge in [0.25, 0.3) is 5.91 Å². The number of carboxylic acids is 1. The lowest BCUT2D eigenvalue weighted by molar-refractivity contribution is -0.137. The zero-order chi connectivity index (χ0) is 15.7. The van der Waals surface area contributed by atoms with Crippen molar-refractivity contribution >= 4 is 29.1 Å². The van der Waals surface area contributed by atoms with E-state index in [0.29, 0.717) is 12.0 Å². The van der Waals surface area contributed by atoms with Crippen molar-refractivity contribution in [3.8, 4) is 0 Å². The molecule has 0 saturated heterocycles. The van der Waals surface area contributed by atoms with E-state index in [9.17, 15) is 14.4 Å². The summed E-state index contributed by atoms with van der Waals surface area (Å²) in [5, 5.41) is 17.7. The van der Waals surface area contributed by atoms with Crippen LogP contribution in [0.4, 0.5) is 0 Å². The molecule has 0 aliphatic heterocycles. The fraction of sp³-hybridized carbons (Fsp3) is 0.500. The van der Waals surface area contributed by atoms with Crippen molar-refractivity contribution in [3.63, 3.8) is 0 Å². The SMILES string of the molecule is CCCC(CC(=O)O)NC(=O)CCNC(=O)c1ccsc1. The van der Waals surface area contributed by atoms with Gasteiger partial charge in [0.1, 0.15) is 0 Å². The van der Waals surface area contributed by atoms with Crippen molar-refractivity contribution in [3.05, 3.63) is 22.4 Å². The van der Waals surface area contributed by atoms with Crippen LogP contribution in [0.15, 0.2) is 16.8 Å². The summed E-state index contributed by atoms with van der Waals surface area (Å²) in [5.41, 5.74) is 0.579. The largest absolute Gasteiger partial charge is 0.481 e. The average molecular weight is 312 g/mol. The van der Waals surface area contributed by atoms with Crippen LogP contribution in [-0.2, 0) is 9.59 Å². The molecule has 0 fully saturated rings. The summed E-state index contributed by atoms with van der Waals surface area (Å²) in [4.78, 5) is 34.1. The molecule has 2 amide bonds. The zero-order valence-corrected chi connectivity index (χ0v) is 12.7. The number of nitrogens with one attached hydrogen (secondary N) is 2. The molecular formula is C14H20N2O4S. The number of thiophene rings is 1. The lowest BCUT2D eigenvalue weighted by atomic mass is 10.1. The molecule has 1 unspecified atom stereocenters. The summed E-state index contributed by atoms with van der Waals surface area (Å²) in [6, 6.07) is 1.36. The van der Waals surface area contributed by atoms with Gasteiger partial charge >= 0.3 is 5.97 Å². The van der Waals surface area contributed by atoms with Crippen LogP contribution in [0.25, 0.3) is 0 Å². The lowest BCUT2D eigenvalue weighted by Gasteiger charge is -2.16. The zero-order valence-electron chi connectivity index (χ0n) is 11.9. The van der Waals surface area contributed by atoms with Crippen LogP contribution >= 0.6 is 11.3 Å². The normalized spacial score (nSPS) is 11.7. The Morgan fingerprint density at radius 1 is 1.38 bits per heavy atom. The van der Waals surface area contributed by atoms with Crippen LogP contribution in [0.3, 0.4) is 0 Å². The van der Waals surface area contributed by atoms with E-state index in [1.807, 2.05) is 12.3 Å². The van der Waals surface area contributed by atoms with Gasteiger partial charge in [-0.15, -0.1) is 0 Å². The van der Waals surface area contributed by atoms with Crippen molar-refractivity contribution in [1.29, 1.82) is 0 Å². The molecule has 3 N–H and O–H groups in total. The molecule has 0 spiro atoms. The molecule has 21 heavy (non-hydrogen) atoms. The minimum absolute atomic E-state index is 0.0825. The summed E-state index contributed by atoms with van der Waals surface area (Å²) in [7, 11) is 0. The Morgan fingerprint density at radius 2 is 2.14 bits per heavy atom. The van der Waals surface area contributed by atoms with Crippen molar-refractivity contribution in [2.75, 3.05) is 6.54 Å². The molecule has 6 nitrogen and oxygen atoms in total. The third-order valence-electron chi connectivity index (χ3n) is 2.84. The molecule has 1 aromatic rings. The predicted molar refractivity (Wildman–Crippen MR) is 80.4 cm³/mol. The van der Waals surface area contributed by atoms with Gasteiger partial charge in [0.05, 0.1) is 6.42 Å². The van der Waals surface area contributed by atoms with E-state index in [1.54, 1.807) is 11.4 Å². The predicted octanol–water partition coefficient (Wildman–Crippen LogP) is 1.63. The van der Waals surface area contributed by atoms with Gasteiger partial charge in [0.2, 0.25) is 5.91 Å². The number of hydrogen-bond acceptors (Lipinski definition) is 4. The first-order valence-corrected chi connectivity index (χ1v) is 7.78. The van der Waals surface area contributed by atoms with Gasteiger partial charge in [-0.2, -0.15) is 11.3 Å². The molecule has 0 aliphatic carbocycles. The maximum absolute atomic E-state index is 11.7. The van der Waals surface area contributed by atoms with Gasteiger partial charge in [-0.3, -0.25) is 14.4 Å². The highest BCUT2D eigenvalue weighted by Gasteiger charge is 2.15. The number of carbonyl (C=O) groups is 3. The quantitative estimate of drug-likeness (QED) is 0.646. The Labute approximate surface area is 127 Å². The number of aliphatic carboxylic acids is 1. The molecule has 0 aromatic carbocycles. The van der Waals surface area contributed by atoms with E-state index < -0.39 is 5.97 Å². The molecule has 1 heterocycles. The molecule has 1 rings (SSSR count). The molecule has 1 atom stereocenters. The molecule has 0 saturated carbocycles. The Morgan fingerprint density at radius 3 is 2.71 bits per heavy atom. The van der Waals surface area contributed by atoms with E-state index >= 15 is 0 Å². The molecule has 0 bridgehead atoms. The second-order valence-corrected chi connectivity index (χ2v) is 5.45. The van der Waals surface area contributed by atoms with E-state index in [4.69, 9.17) is 5.11 Å². The fourth-order valence-electron chi connectivity index (χ4n) is 1.87. The van der Waals surface area contributed by atoms with Crippen molar-refractivity contribution in [2.45, 2.75) is 38.6 Å². The first-order chi connectivity index (χ1) is 10.0. The number of amides is 2. The van der Waals surface area contributed by atoms with Crippen LogP contribution < -0.4 is 10.6 Å². The molecule has 0 radical (unpaired) electrons. The standard InChI is InChI=1S/C14H20N2O4S/c1-2-3-11(8-13(18)19)16-12(17)4-6-15-14(20)10-5-7-21-9-10/h5,7,9,11H,2-4,6,8H2,1H3,(H,15,20)(H,16,17)(H,18,19). The summed E-state index contributed by atoms with van der Waals surface area (Å²) in [6.45, 7) is 2.16. The number of carbonyl (C=O) groups excluding carboxylic acids is 2. The van der Waals surface area contributed by atoms with Gasteiger partial charge in [-0.25, -0.2) is 0 Å². The Kier molecular flexibility index (Phi) is 7.45. The average Bonchev–Trinajstić information content (AvgIpc) is 2.91. The van der Waals surface area contributed by atoms with Crippen molar-refractivity contribution in [1.82, 2.24) is 10.6 Å². The highest BCUT2D eigenvalue weighted by Crippen LogP contribution is 2.05. The molecule has 1 aromatic heterocycles. The fourth-order valence-corrected chi connectivity index (χ4v) is 2.51. The van der Waals surface area contributed by atoms with Crippen LogP contribution in [0, 0.1) is 0 Å². The van der Waals surface area contributed by atoms with Gasteiger partial charge in [0.15, 0.2) is 0 Å². The third-order valence-corrected chi connectivity index (χ3v) is 3.53. The van der Waals surface area contributed by atoms with Crippen LogP contribution in [0.2, 0.25) is 0 Å². The minimum atomic E-state index is -0.931. The van der Waals surface area contributed by atoms with Gasteiger partial charge in [-0.1, -0.05) is 13.3 Å². The maximum atomic E-state index is 11.7. The second kappa shape index (κ2) is 9.12. The topological polar surface area (TPSA) is 95.5 Å². The number of hydrogen-bond donors (Lipinski definition) is 3. The molecular weight excluding hydrogens is 292 g/mol. The summed E-state index contributed by atoms with van der Waals surface area (Å²) in [6.07, 6.45) is 1.48. The number of carboxylic acid groups (broad SMARTS) is 1. The molecule has 116 valence electrons. The Bertz CT molecular complexity index is 473. The highest BCUT2D eigenvalue weighted by molar-refractivity contribution is 7.08. The maximum Gasteiger partial charge on any atom is 0.305 e. The molecule has 0 aliphatic rings. The Hall–Kier alpha value is -1.89. The Balaban J connectivity index is 2.29. The van der Waals surface area contributed by atoms with Crippen LogP contribution in [0.1, 0.15) is 43.0 Å². The van der Waals surface area contributed by atoms with Gasteiger partial charge in [-0.05, 0) is 17.9 Å². The molecule has 7 heteroatoms. The van der Waals surface area contributed by atoms with E-state index in [0.717, 1.165) is 6.42 Å². The van der Waals surface area contributed by atoms with Crippen LogP contribution in [0.5, 0.6) is 0 Å². The first-order valence-electron chi connectivity index (χ1n) is 6.84. The lowest BCUT2D eigenvalue weighted by Crippen LogP contribution is -2.38. The third kappa shape index (κ3) is 6.89.